The fourth-order valence-electron chi connectivity index (χ4n) is 13.6. The van der Waals surface area contributed by atoms with E-state index >= 15 is 4.39 Å². The number of nitrogens with two attached hydrogens (primary N) is 1. The molecule has 6 N–H and O–H groups in total. The summed E-state index contributed by atoms with van der Waals surface area (Å²) in [5.41, 5.74) is 10.4. The Morgan fingerprint density at radius 2 is 1.53 bits per heavy atom. The number of carbonyl (C=O) groups excluding carboxylic acids is 8. The van der Waals surface area contributed by atoms with Crippen LogP contribution in [0, 0.1) is 5.82 Å². The zero-order valence-electron chi connectivity index (χ0n) is 51.2. The van der Waals surface area contributed by atoms with Gasteiger partial charge in [-0.2, -0.15) is 5.10 Å². The number of unbranched alkanes of at least 4 members (excludes halogenated alkanes) is 4. The van der Waals surface area contributed by atoms with Gasteiger partial charge in [-0.3, -0.25) is 33.4 Å². The first-order valence-electron chi connectivity index (χ1n) is 31.7. The molecule has 4 fully saturated rings. The molecule has 3 aromatic heterocycles. The quantitative estimate of drug-likeness (QED) is 0.0286. The number of piperidine rings is 3. The van der Waals surface area contributed by atoms with Crippen LogP contribution in [0.3, 0.4) is 0 Å². The van der Waals surface area contributed by atoms with Crippen LogP contribution in [0.2, 0.25) is 0 Å². The molecule has 6 aliphatic rings. The Morgan fingerprint density at radius 3 is 2.29 bits per heavy atom. The van der Waals surface area contributed by atoms with Gasteiger partial charge in [0.25, 0.3) is 5.91 Å². The number of nitrogens with one attached hydrogen (secondary N) is 4. The number of amides is 8. The molecular weight excluding hydrogens is 1160 g/mol. The van der Waals surface area contributed by atoms with Gasteiger partial charge < -0.3 is 51.3 Å². The van der Waals surface area contributed by atoms with Crippen LogP contribution in [-0.4, -0.2) is 183 Å². The number of benzene rings is 3. The van der Waals surface area contributed by atoms with Crippen LogP contribution in [0.25, 0.3) is 32.9 Å². The van der Waals surface area contributed by atoms with E-state index in [1.165, 1.54) is 11.6 Å². The largest absolute Gasteiger partial charge is 0.465 e. The summed E-state index contributed by atoms with van der Waals surface area (Å²) in [5, 5.41) is 22.2. The highest BCUT2D eigenvalue weighted by Gasteiger charge is 2.47. The molecule has 6 aliphatic heterocycles. The normalized spacial score (nSPS) is 19.1. The number of hydrogen-bond acceptors (Lipinski definition) is 15. The lowest BCUT2D eigenvalue weighted by Crippen LogP contribution is -2.65. The average molecular weight is 1240 g/mol. The summed E-state index contributed by atoms with van der Waals surface area (Å²) < 4.78 is 22.5. The van der Waals surface area contributed by atoms with Crippen molar-refractivity contribution in [1.29, 1.82) is 0 Å². The zero-order chi connectivity index (χ0) is 63.1. The molecule has 12 rings (SSSR count). The van der Waals surface area contributed by atoms with E-state index in [1.807, 2.05) is 41.1 Å². The number of primary amides is 1. The van der Waals surface area contributed by atoms with Crippen molar-refractivity contribution in [3.63, 3.8) is 0 Å². The molecule has 0 radical (unpaired) electrons. The van der Waals surface area contributed by atoms with Crippen LogP contribution in [0.15, 0.2) is 67.0 Å². The number of aromatic nitrogens is 6. The Bertz CT molecular complexity index is 3690. The molecule has 4 bridgehead atoms. The number of halogens is 1. The van der Waals surface area contributed by atoms with E-state index in [-0.39, 0.29) is 96.5 Å². The van der Waals surface area contributed by atoms with Gasteiger partial charge in [-0.05, 0) is 92.8 Å². The maximum absolute atomic E-state index is 16.3. The Balaban J connectivity index is 0.604. The number of urea groups is 1. The summed E-state index contributed by atoms with van der Waals surface area (Å²) in [6.45, 7) is 6.22. The average Bonchev–Trinajstić information content (AvgIpc) is 1.57. The number of ether oxygens (including phenoxy) is 1. The molecule has 26 heteroatoms. The Kier molecular flexibility index (Phi) is 19.3. The minimum atomic E-state index is -0.688. The number of anilines is 3. The molecule has 4 saturated heterocycles. The lowest BCUT2D eigenvalue weighted by atomic mass is 9.88. The Labute approximate surface area is 520 Å². The minimum Gasteiger partial charge on any atom is -0.465 e. The van der Waals surface area contributed by atoms with Gasteiger partial charge in [0.15, 0.2) is 11.5 Å². The number of rotatable bonds is 24. The van der Waals surface area contributed by atoms with Gasteiger partial charge in [0.1, 0.15) is 43.3 Å². The first-order chi connectivity index (χ1) is 43.6. The standard InChI is InChI=1S/C64H79FN16O9/c1-3-90-58(87)38-69-54(83)37-68-55(84)40-79-50-13-9-12-47-48-34-51-44(33-49(48)65)35-71-80(51)81(31-23-43(24-32-81)60(74-79)59(47)50)57(86)20-19-53(82)67-25-8-6-4-5-7-14-56(85)76-27-21-42(22-28-76)41-15-17-45(18-16-41)72-63-61(62(66)88)70-36-52(73-63)77-26-10-11-46(39-77)78-30-29-75(2)64(78)89/h9,12-13,15-18,33-36,42-43,46H,3-8,10-11,14,19-32,37-40H2,1-2H3,(H5-,66,67,68,69,72,73,82,83,84,88)/p+1/t43?,46-,81?/m1/s1. The van der Waals surface area contributed by atoms with Gasteiger partial charge in [-0.25, -0.2) is 23.9 Å². The van der Waals surface area contributed by atoms with Crippen molar-refractivity contribution < 1.29 is 47.5 Å². The SMILES string of the molecule is CCOC(=O)CNC(=O)CNC(=O)Cn1nc2c3c(cccc31)-c1cc3c(cnn3[N+]3(C(=O)CCC(=O)NCCCCCCCC(=O)N4CCC(c5ccc(Nc6nc(N7CCC[C@@H](N8CCN(C)C8=O)C7)cnc6C(N)=O)cc5)CC4)CCC2CC3)cc1F. The number of nitrogens with zero attached hydrogens (tertiary/aromatic N) is 11. The van der Waals surface area contributed by atoms with Gasteiger partial charge in [-0.15, -0.1) is 9.69 Å². The van der Waals surface area contributed by atoms with E-state index in [4.69, 9.17) is 25.7 Å². The monoisotopic (exact) mass is 1240 g/mol. The molecule has 0 unspecified atom stereocenters. The summed E-state index contributed by atoms with van der Waals surface area (Å²) in [4.78, 5) is 122. The summed E-state index contributed by atoms with van der Waals surface area (Å²) >= 11 is 0. The summed E-state index contributed by atoms with van der Waals surface area (Å²) in [7, 11) is 1.82. The second kappa shape index (κ2) is 27.8. The number of esters is 1. The van der Waals surface area contributed by atoms with E-state index in [0.717, 1.165) is 70.0 Å². The predicted molar refractivity (Wildman–Crippen MR) is 334 cm³/mol. The molecule has 1 atom stereocenters. The number of carbonyl (C=O) groups is 8. The maximum Gasteiger partial charge on any atom is 0.340 e. The Hall–Kier alpha value is -9.07. The van der Waals surface area contributed by atoms with Crippen LogP contribution in [-0.2, 0) is 40.0 Å². The second-order valence-electron chi connectivity index (χ2n) is 24.3. The van der Waals surface area contributed by atoms with Gasteiger partial charge in [0.2, 0.25) is 23.6 Å². The molecule has 90 heavy (non-hydrogen) atoms. The zero-order valence-corrected chi connectivity index (χ0v) is 51.2. The van der Waals surface area contributed by atoms with Crippen LogP contribution in [0.5, 0.6) is 0 Å². The highest BCUT2D eigenvalue weighted by atomic mass is 19.1. The highest BCUT2D eigenvalue weighted by Crippen LogP contribution is 2.43. The maximum atomic E-state index is 16.3. The third-order valence-electron chi connectivity index (χ3n) is 18.5. The van der Waals surface area contributed by atoms with E-state index in [9.17, 15) is 38.4 Å². The van der Waals surface area contributed by atoms with E-state index < -0.39 is 29.5 Å². The van der Waals surface area contributed by atoms with Crippen LogP contribution < -0.4 is 36.5 Å². The number of likely N-dealkylation sites (N-methyl/N-ethyl adjacent to an activating group) is 1. The molecule has 25 nitrogen and oxygen atoms in total. The van der Waals surface area contributed by atoms with Gasteiger partial charge >= 0.3 is 17.9 Å². The third-order valence-corrected chi connectivity index (χ3v) is 18.5. The van der Waals surface area contributed by atoms with Crippen molar-refractivity contribution in [2.75, 3.05) is 95.9 Å². The molecule has 6 aromatic rings. The number of likely N-dealkylation sites (tertiary alicyclic amines) is 1. The van der Waals surface area contributed by atoms with E-state index in [1.54, 1.807) is 45.8 Å². The third kappa shape index (κ3) is 13.7. The number of quaternary nitrogens is 1. The summed E-state index contributed by atoms with van der Waals surface area (Å²) in [6.07, 6.45) is 12.4. The van der Waals surface area contributed by atoms with E-state index in [0.29, 0.717) is 116 Å². The topological polar surface area (TPSA) is 294 Å². The molecule has 0 aliphatic carbocycles. The Morgan fingerprint density at radius 1 is 0.767 bits per heavy atom. The molecule has 0 spiro atoms. The fourth-order valence-corrected chi connectivity index (χ4v) is 13.6. The van der Waals surface area contributed by atoms with E-state index in [2.05, 4.69) is 43.3 Å². The number of fused-ring (bicyclic) bond motifs is 2. The first-order valence-corrected chi connectivity index (χ1v) is 31.7. The molecule has 8 amide bonds. The van der Waals surface area contributed by atoms with Crippen molar-refractivity contribution in [1.82, 2.24) is 64.9 Å². The van der Waals surface area contributed by atoms with Gasteiger partial charge in [0.05, 0.1) is 49.2 Å². The first kappa shape index (κ1) is 62.5. The summed E-state index contributed by atoms with van der Waals surface area (Å²) in [6, 6.07) is 16.7. The summed E-state index contributed by atoms with van der Waals surface area (Å²) in [5.74, 6) is -2.04. The second-order valence-corrected chi connectivity index (χ2v) is 24.3. The van der Waals surface area contributed by atoms with Crippen LogP contribution in [0.1, 0.15) is 130 Å². The lowest BCUT2D eigenvalue weighted by molar-refractivity contribution is -0.143. The fraction of sp³-hybridized carbons (Fsp3) is 0.500. The van der Waals surface area contributed by atoms with Crippen molar-refractivity contribution >= 4 is 86.6 Å². The van der Waals surface area contributed by atoms with Gasteiger partial charge in [-0.1, -0.05) is 48.3 Å². The smallest absolute Gasteiger partial charge is 0.340 e. The lowest BCUT2D eigenvalue weighted by Gasteiger charge is -2.39. The minimum absolute atomic E-state index is 0.00740. The van der Waals surface area contributed by atoms with Crippen LogP contribution >= 0.6 is 0 Å². The highest BCUT2D eigenvalue weighted by molar-refractivity contribution is 6.01. The molecule has 0 saturated carbocycles. The molecular formula is C64H80FN16O9+. The molecule has 9 heterocycles. The predicted octanol–water partition coefficient (Wildman–Crippen LogP) is 5.46. The van der Waals surface area contributed by atoms with Crippen molar-refractivity contribution in [3.05, 3.63) is 89.8 Å². The number of hydrogen-bond donors (Lipinski definition) is 5. The van der Waals surface area contributed by atoms with Crippen molar-refractivity contribution in [2.24, 2.45) is 5.73 Å². The van der Waals surface area contributed by atoms with Crippen LogP contribution in [0.4, 0.5) is 26.5 Å². The van der Waals surface area contributed by atoms with Crippen molar-refractivity contribution in [2.45, 2.75) is 121 Å². The van der Waals surface area contributed by atoms with Crippen molar-refractivity contribution in [3.8, 4) is 11.1 Å². The molecule has 3 aromatic carbocycles. The van der Waals surface area contributed by atoms with Gasteiger partial charge in [0, 0.05) is 106 Å². The molecule has 476 valence electrons.